The summed E-state index contributed by atoms with van der Waals surface area (Å²) in [6, 6.07) is 59.9. The molecule has 0 aliphatic carbocycles. The fourth-order valence-corrected chi connectivity index (χ4v) is 7.00. The molecule has 1 heterocycles. The van der Waals surface area contributed by atoms with Crippen molar-refractivity contribution >= 4 is 32.3 Å². The van der Waals surface area contributed by atoms with Crippen LogP contribution >= 0.6 is 0 Å². The minimum atomic E-state index is 0.640. The summed E-state index contributed by atoms with van der Waals surface area (Å²) < 4.78 is 0. The van der Waals surface area contributed by atoms with Gasteiger partial charge in [-0.3, -0.25) is 0 Å². The van der Waals surface area contributed by atoms with Crippen LogP contribution in [0.3, 0.4) is 0 Å². The Labute approximate surface area is 285 Å². The molecule has 3 heteroatoms. The van der Waals surface area contributed by atoms with Crippen LogP contribution in [0.5, 0.6) is 0 Å². The molecule has 0 spiro atoms. The molecule has 0 unspecified atom stereocenters. The van der Waals surface area contributed by atoms with E-state index in [0.717, 1.165) is 33.4 Å². The van der Waals surface area contributed by atoms with Crippen LogP contribution in [-0.4, -0.2) is 15.0 Å². The number of hydrogen-bond acceptors (Lipinski definition) is 3. The molecule has 230 valence electrons. The summed E-state index contributed by atoms with van der Waals surface area (Å²) in [5.74, 6) is 1.94. The van der Waals surface area contributed by atoms with E-state index in [0.29, 0.717) is 17.5 Å². The second kappa shape index (κ2) is 12.0. The molecule has 0 saturated heterocycles. The molecular weight excluding hydrogens is 595 g/mol. The molecule has 8 aromatic carbocycles. The predicted molar refractivity (Wildman–Crippen MR) is 204 cm³/mol. The lowest BCUT2D eigenvalue weighted by Crippen LogP contribution is -2.00. The Kier molecular flexibility index (Phi) is 7.02. The molecule has 0 radical (unpaired) electrons. The molecule has 0 aliphatic rings. The van der Waals surface area contributed by atoms with Crippen LogP contribution in [-0.2, 0) is 0 Å². The lowest BCUT2D eigenvalue weighted by Gasteiger charge is -2.15. The SMILES string of the molecule is Cc1ccccc1-c1cc(-c2ccc3c4ccccc4c4ccccc4c3c2)cc(-c2nc(-c3ccccc3)nc(-c3ccccc3)n2)c1. The molecule has 0 atom stereocenters. The first-order valence-corrected chi connectivity index (χ1v) is 16.6. The zero-order valence-corrected chi connectivity index (χ0v) is 27.0. The monoisotopic (exact) mass is 625 g/mol. The van der Waals surface area contributed by atoms with Gasteiger partial charge in [0.25, 0.3) is 0 Å². The average molecular weight is 626 g/mol. The van der Waals surface area contributed by atoms with Crippen LogP contribution in [0.25, 0.3) is 88.7 Å². The molecule has 0 N–H and O–H groups in total. The van der Waals surface area contributed by atoms with E-state index in [-0.39, 0.29) is 0 Å². The first kappa shape index (κ1) is 28.7. The van der Waals surface area contributed by atoms with Crippen LogP contribution < -0.4 is 0 Å². The fraction of sp³-hybridized carbons (Fsp3) is 0.0217. The van der Waals surface area contributed by atoms with Crippen molar-refractivity contribution in [2.24, 2.45) is 0 Å². The van der Waals surface area contributed by atoms with Gasteiger partial charge < -0.3 is 0 Å². The molecule has 9 aromatic rings. The summed E-state index contributed by atoms with van der Waals surface area (Å²) in [5, 5.41) is 7.57. The zero-order valence-electron chi connectivity index (χ0n) is 27.0. The van der Waals surface area contributed by atoms with Gasteiger partial charge in [0.2, 0.25) is 0 Å². The summed E-state index contributed by atoms with van der Waals surface area (Å²) in [7, 11) is 0. The van der Waals surface area contributed by atoms with Crippen molar-refractivity contribution in [3.63, 3.8) is 0 Å². The number of benzene rings is 8. The van der Waals surface area contributed by atoms with E-state index in [9.17, 15) is 0 Å². The Morgan fingerprint density at radius 2 is 0.714 bits per heavy atom. The Balaban J connectivity index is 1.30. The van der Waals surface area contributed by atoms with Crippen LogP contribution in [0.15, 0.2) is 170 Å². The Morgan fingerprint density at radius 1 is 0.286 bits per heavy atom. The normalized spacial score (nSPS) is 11.4. The van der Waals surface area contributed by atoms with Crippen molar-refractivity contribution in [1.29, 1.82) is 0 Å². The van der Waals surface area contributed by atoms with Gasteiger partial charge in [-0.25, -0.2) is 15.0 Å². The minimum Gasteiger partial charge on any atom is -0.208 e. The average Bonchev–Trinajstić information content (AvgIpc) is 3.18. The molecule has 49 heavy (non-hydrogen) atoms. The standard InChI is InChI=1S/C46H31N3/c1-30-14-8-9-19-37(30)35-26-34(33-24-25-42-40-22-11-10-20-38(40)39-21-12-13-23-41(39)43(42)29-33)27-36(28-35)46-48-44(31-15-4-2-5-16-31)47-45(49-46)32-17-6-3-7-18-32/h2-29H,1H3. The molecule has 0 amide bonds. The number of aryl methyl sites for hydroxylation is 1. The van der Waals surface area contributed by atoms with Gasteiger partial charge >= 0.3 is 0 Å². The zero-order chi connectivity index (χ0) is 32.7. The summed E-state index contributed by atoms with van der Waals surface area (Å²) >= 11 is 0. The maximum atomic E-state index is 5.09. The highest BCUT2D eigenvalue weighted by Crippen LogP contribution is 2.39. The van der Waals surface area contributed by atoms with Crippen LogP contribution in [0.4, 0.5) is 0 Å². The van der Waals surface area contributed by atoms with Crippen LogP contribution in [0.1, 0.15) is 5.56 Å². The first-order chi connectivity index (χ1) is 24.2. The highest BCUT2D eigenvalue weighted by atomic mass is 15.0. The first-order valence-electron chi connectivity index (χ1n) is 16.6. The van der Waals surface area contributed by atoms with Crippen molar-refractivity contribution in [2.45, 2.75) is 6.92 Å². The molecule has 0 fully saturated rings. The van der Waals surface area contributed by atoms with Gasteiger partial charge in [-0.2, -0.15) is 0 Å². The van der Waals surface area contributed by atoms with Gasteiger partial charge in [0.05, 0.1) is 0 Å². The molecule has 0 aliphatic heterocycles. The van der Waals surface area contributed by atoms with E-state index in [1.54, 1.807) is 0 Å². The van der Waals surface area contributed by atoms with Crippen molar-refractivity contribution in [1.82, 2.24) is 15.0 Å². The van der Waals surface area contributed by atoms with Crippen molar-refractivity contribution < 1.29 is 0 Å². The molecule has 1 aromatic heterocycles. The Bertz CT molecular complexity index is 2570. The third-order valence-electron chi connectivity index (χ3n) is 9.42. The number of aromatic nitrogens is 3. The number of nitrogens with zero attached hydrogens (tertiary/aromatic N) is 3. The molecule has 3 nitrogen and oxygen atoms in total. The van der Waals surface area contributed by atoms with E-state index in [4.69, 9.17) is 15.0 Å². The van der Waals surface area contributed by atoms with Crippen molar-refractivity contribution in [3.8, 4) is 56.4 Å². The van der Waals surface area contributed by atoms with Gasteiger partial charge in [-0.15, -0.1) is 0 Å². The van der Waals surface area contributed by atoms with Crippen LogP contribution in [0, 0.1) is 6.92 Å². The third kappa shape index (κ3) is 5.22. The van der Waals surface area contributed by atoms with Crippen LogP contribution in [0.2, 0.25) is 0 Å². The summed E-state index contributed by atoms with van der Waals surface area (Å²) in [4.78, 5) is 15.1. The van der Waals surface area contributed by atoms with Crippen molar-refractivity contribution in [3.05, 3.63) is 175 Å². The van der Waals surface area contributed by atoms with E-state index in [2.05, 4.69) is 116 Å². The second-order valence-electron chi connectivity index (χ2n) is 12.5. The number of fused-ring (bicyclic) bond motifs is 6. The van der Waals surface area contributed by atoms with Gasteiger partial charge in [0.15, 0.2) is 17.5 Å². The Morgan fingerprint density at radius 3 is 1.29 bits per heavy atom. The van der Waals surface area contributed by atoms with Gasteiger partial charge in [0.1, 0.15) is 0 Å². The van der Waals surface area contributed by atoms with E-state index >= 15 is 0 Å². The largest absolute Gasteiger partial charge is 0.208 e. The lowest BCUT2D eigenvalue weighted by atomic mass is 9.90. The predicted octanol–water partition coefficient (Wildman–Crippen LogP) is 12.0. The number of rotatable bonds is 5. The Hall–Kier alpha value is -6.45. The lowest BCUT2D eigenvalue weighted by molar-refractivity contribution is 1.07. The van der Waals surface area contributed by atoms with Gasteiger partial charge in [0, 0.05) is 16.7 Å². The maximum absolute atomic E-state index is 5.09. The van der Waals surface area contributed by atoms with Gasteiger partial charge in [-0.05, 0) is 91.3 Å². The minimum absolute atomic E-state index is 0.640. The smallest absolute Gasteiger partial charge is 0.164 e. The van der Waals surface area contributed by atoms with Crippen molar-refractivity contribution in [2.75, 3.05) is 0 Å². The molecule has 0 bridgehead atoms. The maximum Gasteiger partial charge on any atom is 0.164 e. The second-order valence-corrected chi connectivity index (χ2v) is 12.5. The summed E-state index contributed by atoms with van der Waals surface area (Å²) in [6.45, 7) is 2.17. The van der Waals surface area contributed by atoms with E-state index in [1.807, 2.05) is 60.7 Å². The fourth-order valence-electron chi connectivity index (χ4n) is 7.00. The summed E-state index contributed by atoms with van der Waals surface area (Å²) in [5.41, 5.74) is 8.62. The highest BCUT2D eigenvalue weighted by Gasteiger charge is 2.16. The number of hydrogen-bond donors (Lipinski definition) is 0. The van der Waals surface area contributed by atoms with E-state index in [1.165, 1.54) is 43.4 Å². The highest BCUT2D eigenvalue weighted by molar-refractivity contribution is 6.25. The molecular formula is C46H31N3. The quantitative estimate of drug-likeness (QED) is 0.179. The van der Waals surface area contributed by atoms with E-state index < -0.39 is 0 Å². The molecule has 9 rings (SSSR count). The topological polar surface area (TPSA) is 38.7 Å². The van der Waals surface area contributed by atoms with Gasteiger partial charge in [-0.1, -0.05) is 146 Å². The summed E-state index contributed by atoms with van der Waals surface area (Å²) in [6.07, 6.45) is 0. The third-order valence-corrected chi connectivity index (χ3v) is 9.42. The molecule has 0 saturated carbocycles.